The van der Waals surface area contributed by atoms with Crippen LogP contribution in [0.1, 0.15) is 29.5 Å². The number of piperidine rings is 1. The van der Waals surface area contributed by atoms with Crippen LogP contribution < -0.4 is 26.1 Å². The molecule has 0 radical (unpaired) electrons. The average Bonchev–Trinajstić information content (AvgIpc) is 3.03. The van der Waals surface area contributed by atoms with Gasteiger partial charge in [-0.15, -0.1) is 0 Å². The molecule has 11 nitrogen and oxygen atoms in total. The first-order valence-electron chi connectivity index (χ1n) is 14.7. The van der Waals surface area contributed by atoms with Crippen molar-refractivity contribution in [2.75, 3.05) is 33.1 Å². The van der Waals surface area contributed by atoms with Gasteiger partial charge < -0.3 is 20.7 Å². The summed E-state index contributed by atoms with van der Waals surface area (Å²) in [6.45, 7) is 4.59. The number of rotatable bonds is 8. The first kappa shape index (κ1) is 31.6. The number of ether oxygens (including phenoxy) is 1. The van der Waals surface area contributed by atoms with Crippen molar-refractivity contribution in [1.29, 1.82) is 0 Å². The smallest absolute Gasteiger partial charge is 0.340 e. The number of imide groups is 1. The summed E-state index contributed by atoms with van der Waals surface area (Å²) in [5.74, 6) is -1.20. The Bertz CT molecular complexity index is 1670. The van der Waals surface area contributed by atoms with Crippen molar-refractivity contribution in [2.24, 2.45) is 0 Å². The van der Waals surface area contributed by atoms with E-state index in [4.69, 9.17) is 4.74 Å². The fraction of sp³-hybridized carbons (Fsp3) is 0.333. The zero-order valence-corrected chi connectivity index (χ0v) is 25.9. The van der Waals surface area contributed by atoms with Gasteiger partial charge in [-0.1, -0.05) is 30.3 Å². The van der Waals surface area contributed by atoms with E-state index in [9.17, 15) is 19.2 Å². The Morgan fingerprint density at radius 2 is 1.71 bits per heavy atom. The lowest BCUT2D eigenvalue weighted by atomic mass is 9.90. The number of anilines is 1. The van der Waals surface area contributed by atoms with Gasteiger partial charge in [0.05, 0.1) is 7.11 Å². The van der Waals surface area contributed by atoms with Crippen LogP contribution in [-0.2, 0) is 20.9 Å². The molecule has 0 saturated carbocycles. The number of nitrogens with zero attached hydrogens (tertiary/aromatic N) is 2. The topological polar surface area (TPSA) is 132 Å². The summed E-state index contributed by atoms with van der Waals surface area (Å²) < 4.78 is 21.2. The van der Waals surface area contributed by atoms with Gasteiger partial charge in [-0.3, -0.25) is 24.3 Å². The second-order valence-corrected chi connectivity index (χ2v) is 11.3. The van der Waals surface area contributed by atoms with Gasteiger partial charge in [-0.05, 0) is 71.8 Å². The SMILES string of the molecule is COc1cc(-c2cccc(-c3cccc(NC(=O)C4NN(C)C(=O)N(C)C4=O)c3C)c2C)cc(F)c1CN[C@@H]1CCC(=O)NC1. The van der Waals surface area contributed by atoms with Gasteiger partial charge in [0.1, 0.15) is 11.6 Å². The van der Waals surface area contributed by atoms with E-state index in [-0.39, 0.29) is 18.5 Å². The lowest BCUT2D eigenvalue weighted by Crippen LogP contribution is -2.66. The zero-order chi connectivity index (χ0) is 32.4. The van der Waals surface area contributed by atoms with E-state index in [1.165, 1.54) is 27.3 Å². The molecule has 2 fully saturated rings. The Morgan fingerprint density at radius 1 is 1.02 bits per heavy atom. The summed E-state index contributed by atoms with van der Waals surface area (Å²) in [4.78, 5) is 50.2. The molecule has 2 saturated heterocycles. The number of halogens is 1. The molecule has 45 heavy (non-hydrogen) atoms. The number of hydrogen-bond acceptors (Lipinski definition) is 7. The van der Waals surface area contributed by atoms with Crippen LogP contribution in [0.4, 0.5) is 14.9 Å². The second-order valence-electron chi connectivity index (χ2n) is 11.3. The van der Waals surface area contributed by atoms with Crippen LogP contribution in [0.15, 0.2) is 48.5 Å². The molecule has 0 spiro atoms. The maximum Gasteiger partial charge on any atom is 0.340 e. The van der Waals surface area contributed by atoms with Gasteiger partial charge in [0.15, 0.2) is 6.04 Å². The summed E-state index contributed by atoms with van der Waals surface area (Å²) in [7, 11) is 4.28. The number of likely N-dealkylation sites (N-methyl/N-ethyl adjacent to an activating group) is 1. The molecule has 3 aromatic rings. The van der Waals surface area contributed by atoms with E-state index >= 15 is 4.39 Å². The van der Waals surface area contributed by atoms with E-state index in [2.05, 4.69) is 21.4 Å². The molecular formula is C33H37FN6O5. The monoisotopic (exact) mass is 616 g/mol. The van der Waals surface area contributed by atoms with Crippen molar-refractivity contribution in [2.45, 2.75) is 45.3 Å². The average molecular weight is 617 g/mol. The summed E-state index contributed by atoms with van der Waals surface area (Å²) in [6, 6.07) is 12.8. The highest BCUT2D eigenvalue weighted by Crippen LogP contribution is 2.37. The zero-order valence-electron chi connectivity index (χ0n) is 25.9. The van der Waals surface area contributed by atoms with E-state index in [0.29, 0.717) is 42.0 Å². The van der Waals surface area contributed by atoms with Crippen LogP contribution in [0.5, 0.6) is 5.75 Å². The van der Waals surface area contributed by atoms with Crippen LogP contribution in [0, 0.1) is 19.7 Å². The number of methoxy groups -OCH3 is 1. The van der Waals surface area contributed by atoms with Gasteiger partial charge in [0, 0.05) is 50.9 Å². The van der Waals surface area contributed by atoms with Crippen molar-refractivity contribution in [1.82, 2.24) is 26.0 Å². The molecule has 0 aliphatic carbocycles. The molecule has 0 aromatic heterocycles. The Morgan fingerprint density at radius 3 is 2.40 bits per heavy atom. The molecule has 5 rings (SSSR count). The third kappa shape index (κ3) is 6.38. The number of nitrogens with one attached hydrogen (secondary N) is 4. The van der Waals surface area contributed by atoms with Crippen LogP contribution in [0.3, 0.4) is 0 Å². The van der Waals surface area contributed by atoms with Crippen LogP contribution in [-0.4, -0.2) is 73.5 Å². The van der Waals surface area contributed by atoms with Gasteiger partial charge in [-0.25, -0.2) is 14.6 Å². The first-order valence-corrected chi connectivity index (χ1v) is 14.7. The molecule has 1 unspecified atom stereocenters. The molecule has 2 heterocycles. The van der Waals surface area contributed by atoms with Crippen molar-refractivity contribution in [3.05, 3.63) is 71.0 Å². The number of hydrogen-bond donors (Lipinski definition) is 4. The molecule has 236 valence electrons. The highest BCUT2D eigenvalue weighted by molar-refractivity contribution is 6.15. The van der Waals surface area contributed by atoms with E-state index in [1.807, 2.05) is 50.2 Å². The molecule has 0 bridgehead atoms. The lowest BCUT2D eigenvalue weighted by Gasteiger charge is -2.34. The largest absolute Gasteiger partial charge is 0.496 e. The highest BCUT2D eigenvalue weighted by atomic mass is 19.1. The van der Waals surface area contributed by atoms with Gasteiger partial charge >= 0.3 is 6.03 Å². The van der Waals surface area contributed by atoms with Crippen LogP contribution in [0.2, 0.25) is 0 Å². The van der Waals surface area contributed by atoms with Gasteiger partial charge in [0.25, 0.3) is 11.8 Å². The first-order chi connectivity index (χ1) is 21.5. The number of urea groups is 1. The normalized spacial score (nSPS) is 18.6. The standard InChI is InChI=1S/C33H37FN6O5/c1-18-22(20-14-26(34)25(28(15-20)45-5)17-35-21-12-13-29(41)36-16-21)8-6-9-23(18)24-10-7-11-27(19(24)2)37-31(42)30-32(43)39(3)33(44)40(4)38-30/h6-11,14-15,21,30,35,38H,12-13,16-17H2,1-5H3,(H,36,41)(H,37,42)/t21-,30?/m1/s1. The Balaban J connectivity index is 1.40. The third-order valence-corrected chi connectivity index (χ3v) is 8.47. The van der Waals surface area contributed by atoms with E-state index in [0.717, 1.165) is 37.7 Å². The van der Waals surface area contributed by atoms with Gasteiger partial charge in [0.2, 0.25) is 5.91 Å². The number of carbonyl (C=O) groups is 4. The maximum atomic E-state index is 15.6. The number of amides is 5. The molecule has 4 N–H and O–H groups in total. The minimum Gasteiger partial charge on any atom is -0.496 e. The van der Waals surface area contributed by atoms with Crippen molar-refractivity contribution in [3.8, 4) is 28.0 Å². The van der Waals surface area contributed by atoms with Crippen LogP contribution in [0.25, 0.3) is 22.3 Å². The van der Waals surface area contributed by atoms with Gasteiger partial charge in [-0.2, -0.15) is 0 Å². The summed E-state index contributed by atoms with van der Waals surface area (Å²) in [5, 5.41) is 10.1. The third-order valence-electron chi connectivity index (χ3n) is 8.47. The Kier molecular flexibility index (Phi) is 9.16. The molecular weight excluding hydrogens is 579 g/mol. The molecule has 5 amide bonds. The fourth-order valence-electron chi connectivity index (χ4n) is 5.77. The van der Waals surface area contributed by atoms with Crippen LogP contribution >= 0.6 is 0 Å². The fourth-order valence-corrected chi connectivity index (χ4v) is 5.77. The Hall–Kier alpha value is -4.81. The number of hydrazine groups is 1. The van der Waals surface area contributed by atoms with E-state index in [1.54, 1.807) is 6.07 Å². The lowest BCUT2D eigenvalue weighted by molar-refractivity contribution is -0.139. The minimum absolute atomic E-state index is 0.0264. The molecule has 12 heteroatoms. The number of benzene rings is 3. The maximum absolute atomic E-state index is 15.6. The molecule has 3 aromatic carbocycles. The summed E-state index contributed by atoms with van der Waals surface area (Å²) in [5.41, 5.74) is 8.46. The Labute approximate surface area is 261 Å². The summed E-state index contributed by atoms with van der Waals surface area (Å²) in [6.07, 6.45) is 1.13. The molecule has 2 aliphatic rings. The highest BCUT2D eigenvalue weighted by Gasteiger charge is 2.39. The predicted octanol–water partition coefficient (Wildman–Crippen LogP) is 3.49. The van der Waals surface area contributed by atoms with Crippen molar-refractivity contribution >= 4 is 29.4 Å². The number of carbonyl (C=O) groups excluding carboxylic acids is 4. The summed E-state index contributed by atoms with van der Waals surface area (Å²) >= 11 is 0. The van der Waals surface area contributed by atoms with E-state index < -0.39 is 29.7 Å². The predicted molar refractivity (Wildman–Crippen MR) is 168 cm³/mol. The van der Waals surface area contributed by atoms with Crippen molar-refractivity contribution in [3.63, 3.8) is 0 Å². The molecule has 2 atom stereocenters. The molecule has 2 aliphatic heterocycles. The second kappa shape index (κ2) is 13.0. The quantitative estimate of drug-likeness (QED) is 0.285. The van der Waals surface area contributed by atoms with Crippen molar-refractivity contribution < 1.29 is 28.3 Å². The minimum atomic E-state index is -1.27.